The summed E-state index contributed by atoms with van der Waals surface area (Å²) in [5.74, 6) is -1.44. The Balaban J connectivity index is 1.95. The second-order valence-electron chi connectivity index (χ2n) is 6.82. The molecule has 6 nitrogen and oxygen atoms in total. The van der Waals surface area contributed by atoms with Crippen LogP contribution in [0.15, 0.2) is 48.7 Å². The fourth-order valence-electron chi connectivity index (χ4n) is 2.99. The van der Waals surface area contributed by atoms with E-state index >= 15 is 0 Å². The Labute approximate surface area is 172 Å². The third kappa shape index (κ3) is 4.63. The van der Waals surface area contributed by atoms with Crippen LogP contribution in [0.2, 0.25) is 5.02 Å². The first-order valence-electron chi connectivity index (χ1n) is 8.98. The molecule has 0 bridgehead atoms. The van der Waals surface area contributed by atoms with Crippen molar-refractivity contribution in [2.24, 2.45) is 0 Å². The van der Waals surface area contributed by atoms with E-state index in [0.717, 1.165) is 5.69 Å². The minimum Gasteiger partial charge on any atom is -0.326 e. The highest BCUT2D eigenvalue weighted by Gasteiger charge is 2.22. The lowest BCUT2D eigenvalue weighted by Gasteiger charge is -2.14. The summed E-state index contributed by atoms with van der Waals surface area (Å²) in [6.07, 6.45) is 1.45. The SMILES string of the molecule is CC(=O)Nc1ccc(F)c(NC(=O)c2cnn(-c3cccc(Cl)c3)c2C(C)C)c1. The first kappa shape index (κ1) is 20.5. The molecule has 0 radical (unpaired) electrons. The number of benzene rings is 2. The van der Waals surface area contributed by atoms with E-state index in [4.69, 9.17) is 11.6 Å². The molecule has 29 heavy (non-hydrogen) atoms. The van der Waals surface area contributed by atoms with Gasteiger partial charge in [-0.1, -0.05) is 31.5 Å². The molecule has 0 fully saturated rings. The van der Waals surface area contributed by atoms with Crippen molar-refractivity contribution in [2.75, 3.05) is 10.6 Å². The zero-order valence-electron chi connectivity index (χ0n) is 16.2. The van der Waals surface area contributed by atoms with E-state index in [2.05, 4.69) is 15.7 Å². The van der Waals surface area contributed by atoms with Gasteiger partial charge in [0.25, 0.3) is 5.91 Å². The average Bonchev–Trinajstić information content (AvgIpc) is 3.09. The maximum absolute atomic E-state index is 14.2. The highest BCUT2D eigenvalue weighted by Crippen LogP contribution is 2.26. The molecule has 0 aliphatic rings. The summed E-state index contributed by atoms with van der Waals surface area (Å²) < 4.78 is 15.8. The highest BCUT2D eigenvalue weighted by atomic mass is 35.5. The maximum atomic E-state index is 14.2. The number of nitrogens with zero attached hydrogens (tertiary/aromatic N) is 2. The summed E-state index contributed by atoms with van der Waals surface area (Å²) >= 11 is 6.08. The number of amides is 2. The van der Waals surface area contributed by atoms with Crippen LogP contribution >= 0.6 is 11.6 Å². The van der Waals surface area contributed by atoms with Crippen LogP contribution in [0.1, 0.15) is 42.7 Å². The predicted octanol–water partition coefficient (Wildman–Crippen LogP) is 5.00. The smallest absolute Gasteiger partial charge is 0.259 e. The number of halogens is 2. The van der Waals surface area contributed by atoms with Gasteiger partial charge in [-0.05, 0) is 42.3 Å². The molecule has 0 aliphatic heterocycles. The molecule has 2 N–H and O–H groups in total. The predicted molar refractivity (Wildman–Crippen MR) is 111 cm³/mol. The second kappa shape index (κ2) is 8.45. The summed E-state index contributed by atoms with van der Waals surface area (Å²) in [4.78, 5) is 24.1. The van der Waals surface area contributed by atoms with Gasteiger partial charge in [0.15, 0.2) is 0 Å². The van der Waals surface area contributed by atoms with E-state index < -0.39 is 11.7 Å². The number of rotatable bonds is 5. The molecule has 2 amide bonds. The lowest BCUT2D eigenvalue weighted by molar-refractivity contribution is -0.114. The van der Waals surface area contributed by atoms with Gasteiger partial charge in [-0.15, -0.1) is 0 Å². The first-order chi connectivity index (χ1) is 13.8. The molecular formula is C21H20ClFN4O2. The molecule has 8 heteroatoms. The van der Waals surface area contributed by atoms with E-state index in [9.17, 15) is 14.0 Å². The molecule has 3 rings (SSSR count). The topological polar surface area (TPSA) is 76.0 Å². The van der Waals surface area contributed by atoms with Crippen molar-refractivity contribution in [3.63, 3.8) is 0 Å². The van der Waals surface area contributed by atoms with Crippen LogP contribution in [0, 0.1) is 5.82 Å². The van der Waals surface area contributed by atoms with Crippen LogP contribution in [0.3, 0.4) is 0 Å². The van der Waals surface area contributed by atoms with Gasteiger partial charge in [0.1, 0.15) is 5.82 Å². The molecule has 1 heterocycles. The monoisotopic (exact) mass is 414 g/mol. The maximum Gasteiger partial charge on any atom is 0.259 e. The van der Waals surface area contributed by atoms with Gasteiger partial charge in [0.05, 0.1) is 28.8 Å². The number of carbonyl (C=O) groups is 2. The Bertz CT molecular complexity index is 1080. The lowest BCUT2D eigenvalue weighted by atomic mass is 10.0. The van der Waals surface area contributed by atoms with E-state index in [1.54, 1.807) is 22.9 Å². The molecule has 3 aromatic rings. The number of aromatic nitrogens is 2. The number of hydrogen-bond donors (Lipinski definition) is 2. The summed E-state index contributed by atoms with van der Waals surface area (Å²) in [5.41, 5.74) is 2.06. The van der Waals surface area contributed by atoms with Crippen molar-refractivity contribution in [2.45, 2.75) is 26.7 Å². The van der Waals surface area contributed by atoms with Gasteiger partial charge >= 0.3 is 0 Å². The normalized spacial score (nSPS) is 10.8. The highest BCUT2D eigenvalue weighted by molar-refractivity contribution is 6.30. The van der Waals surface area contributed by atoms with E-state index in [0.29, 0.717) is 22.0 Å². The fourth-order valence-corrected chi connectivity index (χ4v) is 3.18. The Morgan fingerprint density at radius 2 is 1.90 bits per heavy atom. The van der Waals surface area contributed by atoms with Crippen molar-refractivity contribution in [3.05, 3.63) is 70.8 Å². The summed E-state index contributed by atoms with van der Waals surface area (Å²) in [7, 11) is 0. The molecule has 2 aromatic carbocycles. The third-order valence-electron chi connectivity index (χ3n) is 4.19. The van der Waals surface area contributed by atoms with Gasteiger partial charge in [-0.25, -0.2) is 9.07 Å². The van der Waals surface area contributed by atoms with Crippen LogP contribution < -0.4 is 10.6 Å². The number of carbonyl (C=O) groups excluding carboxylic acids is 2. The molecule has 0 atom stereocenters. The standard InChI is InChI=1S/C21H20ClFN4O2/c1-12(2)20-17(11-24-27(20)16-6-4-5-14(22)9-16)21(29)26-19-10-15(25-13(3)28)7-8-18(19)23/h4-12H,1-3H3,(H,25,28)(H,26,29). The van der Waals surface area contributed by atoms with Gasteiger partial charge in [-0.2, -0.15) is 5.10 Å². The van der Waals surface area contributed by atoms with Gasteiger partial charge < -0.3 is 10.6 Å². The molecule has 0 saturated heterocycles. The van der Waals surface area contributed by atoms with Crippen molar-refractivity contribution < 1.29 is 14.0 Å². The molecule has 0 saturated carbocycles. The average molecular weight is 415 g/mol. The van der Waals surface area contributed by atoms with E-state index in [-0.39, 0.29) is 17.5 Å². The quantitative estimate of drug-likeness (QED) is 0.616. The number of nitrogens with one attached hydrogen (secondary N) is 2. The van der Waals surface area contributed by atoms with Crippen LogP contribution in [-0.4, -0.2) is 21.6 Å². The first-order valence-corrected chi connectivity index (χ1v) is 9.36. The van der Waals surface area contributed by atoms with Crippen LogP contribution in [0.25, 0.3) is 5.69 Å². The summed E-state index contributed by atoms with van der Waals surface area (Å²) in [5, 5.41) is 10.0. The van der Waals surface area contributed by atoms with Crippen molar-refractivity contribution in [1.82, 2.24) is 9.78 Å². The molecule has 0 aliphatic carbocycles. The largest absolute Gasteiger partial charge is 0.326 e. The Kier molecular flexibility index (Phi) is 5.98. The van der Waals surface area contributed by atoms with Gasteiger partial charge in [0.2, 0.25) is 5.91 Å². The minimum atomic E-state index is -0.610. The number of anilines is 2. The Morgan fingerprint density at radius 1 is 1.14 bits per heavy atom. The van der Waals surface area contributed by atoms with Crippen molar-refractivity contribution >= 4 is 34.8 Å². The van der Waals surface area contributed by atoms with Gasteiger partial charge in [-0.3, -0.25) is 9.59 Å². The van der Waals surface area contributed by atoms with Crippen molar-refractivity contribution in [3.8, 4) is 5.69 Å². The van der Waals surface area contributed by atoms with Gasteiger partial charge in [0, 0.05) is 17.6 Å². The Hall–Kier alpha value is -3.19. The zero-order chi connectivity index (χ0) is 21.1. The summed E-state index contributed by atoms with van der Waals surface area (Å²) in [6.45, 7) is 5.22. The van der Waals surface area contributed by atoms with E-state index in [1.807, 2.05) is 19.9 Å². The van der Waals surface area contributed by atoms with Crippen molar-refractivity contribution in [1.29, 1.82) is 0 Å². The molecule has 150 valence electrons. The molecule has 0 spiro atoms. The second-order valence-corrected chi connectivity index (χ2v) is 7.26. The fraction of sp³-hybridized carbons (Fsp3) is 0.190. The summed E-state index contributed by atoms with van der Waals surface area (Å²) in [6, 6.07) is 11.1. The molecule has 0 unspecified atom stereocenters. The minimum absolute atomic E-state index is 0.0345. The molecular weight excluding hydrogens is 395 g/mol. The van der Waals surface area contributed by atoms with Crippen LogP contribution in [0.4, 0.5) is 15.8 Å². The Morgan fingerprint density at radius 3 is 2.55 bits per heavy atom. The zero-order valence-corrected chi connectivity index (χ0v) is 16.9. The van der Waals surface area contributed by atoms with E-state index in [1.165, 1.54) is 31.3 Å². The third-order valence-corrected chi connectivity index (χ3v) is 4.42. The van der Waals surface area contributed by atoms with Crippen LogP contribution in [-0.2, 0) is 4.79 Å². The lowest BCUT2D eigenvalue weighted by Crippen LogP contribution is -2.16. The van der Waals surface area contributed by atoms with Crippen LogP contribution in [0.5, 0.6) is 0 Å². The molecule has 1 aromatic heterocycles. The number of hydrogen-bond acceptors (Lipinski definition) is 3.